The Morgan fingerprint density at radius 3 is 2.88 bits per heavy atom. The number of carbonyl (C=O) groups is 1. The van der Waals surface area contributed by atoms with E-state index in [4.69, 9.17) is 0 Å². The van der Waals surface area contributed by atoms with Gasteiger partial charge in [-0.2, -0.15) is 16.9 Å². The molecule has 6 heteroatoms. The van der Waals surface area contributed by atoms with Crippen LogP contribution in [0.15, 0.2) is 42.6 Å². The van der Waals surface area contributed by atoms with Crippen LogP contribution in [0.3, 0.4) is 0 Å². The zero-order valence-corrected chi connectivity index (χ0v) is 14.6. The maximum absolute atomic E-state index is 12.3. The van der Waals surface area contributed by atoms with Crippen LogP contribution in [0.2, 0.25) is 0 Å². The number of nitrogens with zero attached hydrogens (tertiary/aromatic N) is 3. The van der Waals surface area contributed by atoms with E-state index in [1.54, 1.807) is 10.9 Å². The first-order chi connectivity index (χ1) is 11.6. The lowest BCUT2D eigenvalue weighted by atomic mass is 10.2. The van der Waals surface area contributed by atoms with Gasteiger partial charge in [0.25, 0.3) is 5.91 Å². The fraction of sp³-hybridized carbons (Fsp3) is 0.278. The molecule has 2 heterocycles. The molecule has 5 nitrogen and oxygen atoms in total. The summed E-state index contributed by atoms with van der Waals surface area (Å²) >= 11 is 1.81. The van der Waals surface area contributed by atoms with Crippen LogP contribution in [-0.2, 0) is 12.8 Å². The van der Waals surface area contributed by atoms with Crippen molar-refractivity contribution in [3.05, 3.63) is 59.4 Å². The molecule has 24 heavy (non-hydrogen) atoms. The van der Waals surface area contributed by atoms with Crippen LogP contribution >= 0.6 is 11.8 Å². The largest absolute Gasteiger partial charge is 0.351 e. The zero-order valence-electron chi connectivity index (χ0n) is 13.8. The quantitative estimate of drug-likeness (QED) is 0.701. The second-order valence-electron chi connectivity index (χ2n) is 5.60. The minimum atomic E-state index is -0.0898. The topological polar surface area (TPSA) is 59.8 Å². The molecule has 0 atom stereocenters. The number of aromatic nitrogens is 3. The first-order valence-electron chi connectivity index (χ1n) is 7.84. The number of benzene rings is 1. The minimum Gasteiger partial charge on any atom is -0.351 e. The molecule has 0 aliphatic carbocycles. The predicted octanol–water partition coefficient (Wildman–Crippen LogP) is 2.94. The summed E-state index contributed by atoms with van der Waals surface area (Å²) < 4.78 is 1.73. The van der Waals surface area contributed by atoms with Crippen LogP contribution in [-0.4, -0.2) is 33.0 Å². The predicted molar refractivity (Wildman–Crippen MR) is 98.2 cm³/mol. The van der Waals surface area contributed by atoms with Crippen molar-refractivity contribution in [2.45, 2.75) is 12.7 Å². The molecular weight excluding hydrogens is 320 g/mol. The van der Waals surface area contributed by atoms with Gasteiger partial charge in [0.15, 0.2) is 5.65 Å². The second kappa shape index (κ2) is 7.49. The third kappa shape index (κ3) is 3.76. The molecular formula is C18H20N4OS. The lowest BCUT2D eigenvalue weighted by molar-refractivity contribution is 0.0956. The zero-order chi connectivity index (χ0) is 16.9. The Labute approximate surface area is 145 Å². The van der Waals surface area contributed by atoms with Gasteiger partial charge in [-0.3, -0.25) is 9.48 Å². The van der Waals surface area contributed by atoms with Crippen molar-refractivity contribution < 1.29 is 4.79 Å². The highest BCUT2D eigenvalue weighted by Crippen LogP contribution is 2.16. The lowest BCUT2D eigenvalue weighted by Gasteiger charge is -2.06. The second-order valence-corrected chi connectivity index (χ2v) is 6.70. The molecule has 1 aromatic carbocycles. The highest BCUT2D eigenvalue weighted by molar-refractivity contribution is 7.98. The molecule has 124 valence electrons. The van der Waals surface area contributed by atoms with Crippen LogP contribution < -0.4 is 5.32 Å². The van der Waals surface area contributed by atoms with Crippen LogP contribution in [0, 0.1) is 6.92 Å². The summed E-state index contributed by atoms with van der Waals surface area (Å²) in [6, 6.07) is 12.2. The highest BCUT2D eigenvalue weighted by Gasteiger charge is 2.11. The molecule has 0 saturated carbocycles. The molecule has 0 spiro atoms. The van der Waals surface area contributed by atoms with Gasteiger partial charge in [0, 0.05) is 36.7 Å². The molecule has 0 saturated heterocycles. The number of nitrogens with one attached hydrogen (secondary N) is 1. The molecule has 0 radical (unpaired) electrons. The first-order valence-corrected chi connectivity index (χ1v) is 9.00. The van der Waals surface area contributed by atoms with Crippen molar-refractivity contribution in [1.82, 2.24) is 20.1 Å². The molecule has 3 rings (SSSR count). The Hall–Kier alpha value is -2.34. The Morgan fingerprint density at radius 1 is 1.29 bits per heavy atom. The summed E-state index contributed by atoms with van der Waals surface area (Å²) in [5.74, 6) is 1.74. The molecule has 0 bridgehead atoms. The highest BCUT2D eigenvalue weighted by atomic mass is 32.2. The monoisotopic (exact) mass is 340 g/mol. The lowest BCUT2D eigenvalue weighted by Crippen LogP contribution is -2.25. The van der Waals surface area contributed by atoms with E-state index >= 15 is 0 Å². The van der Waals surface area contributed by atoms with Crippen molar-refractivity contribution in [2.75, 3.05) is 12.3 Å². The molecule has 1 amide bonds. The summed E-state index contributed by atoms with van der Waals surface area (Å²) in [7, 11) is 1.85. The molecule has 0 aliphatic heterocycles. The smallest absolute Gasteiger partial charge is 0.252 e. The average molecular weight is 340 g/mol. The van der Waals surface area contributed by atoms with E-state index in [-0.39, 0.29) is 5.91 Å². The van der Waals surface area contributed by atoms with Crippen LogP contribution in [0.1, 0.15) is 21.6 Å². The minimum absolute atomic E-state index is 0.0898. The molecule has 0 unspecified atom stereocenters. The van der Waals surface area contributed by atoms with Crippen molar-refractivity contribution in [3.63, 3.8) is 0 Å². The number of thioether (sulfide) groups is 1. The fourth-order valence-corrected chi connectivity index (χ4v) is 3.35. The number of rotatable bonds is 6. The van der Waals surface area contributed by atoms with Gasteiger partial charge in [-0.15, -0.1) is 0 Å². The van der Waals surface area contributed by atoms with Crippen molar-refractivity contribution in [3.8, 4) is 0 Å². The standard InChI is InChI=1S/C18H20N4OS/c1-13-16-10-15(11-20-17(16)22(2)21-13)18(23)19-8-9-24-12-14-6-4-3-5-7-14/h3-7,10-11H,8-9,12H2,1-2H3,(H,19,23). The SMILES string of the molecule is Cc1nn(C)c2ncc(C(=O)NCCSCc3ccccc3)cc12. The Bertz CT molecular complexity index is 845. The number of amides is 1. The normalized spacial score (nSPS) is 10.9. The van der Waals surface area contributed by atoms with Crippen molar-refractivity contribution in [2.24, 2.45) is 7.05 Å². The maximum atomic E-state index is 12.3. The number of aryl methyl sites for hydroxylation is 2. The molecule has 0 aliphatic rings. The first kappa shape index (κ1) is 16.5. The molecule has 0 fully saturated rings. The van der Waals surface area contributed by atoms with E-state index in [0.717, 1.165) is 28.2 Å². The van der Waals surface area contributed by atoms with Crippen LogP contribution in [0.5, 0.6) is 0 Å². The number of carbonyl (C=O) groups excluding carboxylic acids is 1. The average Bonchev–Trinajstić information content (AvgIpc) is 2.89. The van der Waals surface area contributed by atoms with E-state index < -0.39 is 0 Å². The number of fused-ring (bicyclic) bond motifs is 1. The van der Waals surface area contributed by atoms with Gasteiger partial charge in [0.05, 0.1) is 11.3 Å². The Morgan fingerprint density at radius 2 is 2.08 bits per heavy atom. The summed E-state index contributed by atoms with van der Waals surface area (Å²) in [4.78, 5) is 16.6. The summed E-state index contributed by atoms with van der Waals surface area (Å²) in [6.45, 7) is 2.56. The fourth-order valence-electron chi connectivity index (χ4n) is 2.54. The van der Waals surface area contributed by atoms with E-state index in [1.807, 2.05) is 50.0 Å². The Kier molecular flexibility index (Phi) is 5.15. The van der Waals surface area contributed by atoms with Crippen LogP contribution in [0.25, 0.3) is 11.0 Å². The van der Waals surface area contributed by atoms with E-state index in [2.05, 4.69) is 27.5 Å². The van der Waals surface area contributed by atoms with Crippen molar-refractivity contribution >= 4 is 28.7 Å². The maximum Gasteiger partial charge on any atom is 0.252 e. The summed E-state index contributed by atoms with van der Waals surface area (Å²) in [5, 5.41) is 8.19. The number of hydrogen-bond donors (Lipinski definition) is 1. The number of hydrogen-bond acceptors (Lipinski definition) is 4. The van der Waals surface area contributed by atoms with Gasteiger partial charge in [0.2, 0.25) is 0 Å². The molecule has 2 aromatic heterocycles. The molecule has 3 aromatic rings. The summed E-state index contributed by atoms with van der Waals surface area (Å²) in [5.41, 5.74) is 3.55. The van der Waals surface area contributed by atoms with E-state index in [0.29, 0.717) is 12.1 Å². The third-order valence-corrected chi connectivity index (χ3v) is 4.80. The summed E-state index contributed by atoms with van der Waals surface area (Å²) in [6.07, 6.45) is 1.61. The van der Waals surface area contributed by atoms with Gasteiger partial charge in [0.1, 0.15) is 0 Å². The van der Waals surface area contributed by atoms with Gasteiger partial charge < -0.3 is 5.32 Å². The van der Waals surface area contributed by atoms with Crippen LogP contribution in [0.4, 0.5) is 0 Å². The van der Waals surface area contributed by atoms with E-state index in [9.17, 15) is 4.79 Å². The van der Waals surface area contributed by atoms with Gasteiger partial charge in [-0.1, -0.05) is 30.3 Å². The Balaban J connectivity index is 1.51. The third-order valence-electron chi connectivity index (χ3n) is 3.77. The van der Waals surface area contributed by atoms with Gasteiger partial charge >= 0.3 is 0 Å². The molecule has 1 N–H and O–H groups in total. The van der Waals surface area contributed by atoms with Crippen molar-refractivity contribution in [1.29, 1.82) is 0 Å². The number of pyridine rings is 1. The van der Waals surface area contributed by atoms with Gasteiger partial charge in [-0.05, 0) is 18.6 Å². The van der Waals surface area contributed by atoms with Gasteiger partial charge in [-0.25, -0.2) is 4.98 Å². The van der Waals surface area contributed by atoms with E-state index in [1.165, 1.54) is 5.56 Å².